The molecule has 0 atom stereocenters. The van der Waals surface area contributed by atoms with Gasteiger partial charge in [-0.2, -0.15) is 0 Å². The molecule has 0 saturated heterocycles. The lowest BCUT2D eigenvalue weighted by molar-refractivity contribution is -0.416. The van der Waals surface area contributed by atoms with Crippen molar-refractivity contribution >= 4 is 27.6 Å². The van der Waals surface area contributed by atoms with E-state index in [1.54, 1.807) is 6.07 Å². The van der Waals surface area contributed by atoms with Crippen LogP contribution in [0.5, 0.6) is 0 Å². The van der Waals surface area contributed by atoms with E-state index in [1.165, 1.54) is 33.4 Å². The Kier molecular flexibility index (Phi) is 3.48. The maximum atomic E-state index is 11.7. The van der Waals surface area contributed by atoms with Gasteiger partial charge in [-0.3, -0.25) is 0 Å². The molecule has 0 bridgehead atoms. The van der Waals surface area contributed by atoms with Crippen LogP contribution in [-0.4, -0.2) is 44.8 Å². The molecule has 0 N–H and O–H groups in total. The van der Waals surface area contributed by atoms with Crippen LogP contribution in [0.4, 0.5) is 0 Å². The fraction of sp³-hybridized carbons (Fsp3) is 0.375. The largest absolute Gasteiger partial charge is 0.624 e. The Morgan fingerprint density at radius 1 is 1.47 bits per heavy atom. The van der Waals surface area contributed by atoms with E-state index in [2.05, 4.69) is 0 Å². The van der Waals surface area contributed by atoms with Crippen LogP contribution in [0, 0.1) is 5.21 Å². The van der Waals surface area contributed by atoms with Crippen LogP contribution in [0.2, 0.25) is 0 Å². The molecule has 0 aliphatic rings. The molecular weight excluding hydrogens is 236 g/mol. The van der Waals surface area contributed by atoms with E-state index in [-0.39, 0.29) is 4.21 Å². The zero-order chi connectivity index (χ0) is 11.6. The number of rotatable bonds is 3. The lowest BCUT2D eigenvalue weighted by atomic mass is 10.5. The molecule has 1 rings (SSSR count). The van der Waals surface area contributed by atoms with Crippen molar-refractivity contribution in [1.29, 1.82) is 0 Å². The minimum Gasteiger partial charge on any atom is -0.624 e. The van der Waals surface area contributed by atoms with Crippen LogP contribution in [0.25, 0.3) is 0 Å². The summed E-state index contributed by atoms with van der Waals surface area (Å²) in [7, 11) is 0.907. The molecule has 5 nitrogen and oxygen atoms in total. The number of hydrogen-bond acceptors (Lipinski definition) is 4. The zero-order valence-electron chi connectivity index (χ0n) is 8.67. The van der Waals surface area contributed by atoms with Crippen LogP contribution in [-0.2, 0) is 10.0 Å². The molecule has 15 heavy (non-hydrogen) atoms. The predicted octanol–water partition coefficient (Wildman–Crippen LogP) is 0.557. The zero-order valence-corrected chi connectivity index (χ0v) is 10.3. The molecule has 1 aromatic rings. The van der Waals surface area contributed by atoms with Gasteiger partial charge in [-0.05, 0) is 12.1 Å². The summed E-state index contributed by atoms with van der Waals surface area (Å²) in [5.41, 5.74) is 0. The van der Waals surface area contributed by atoms with Gasteiger partial charge in [-0.15, -0.1) is 11.3 Å². The third-order valence-corrected chi connectivity index (χ3v) is 4.95. The van der Waals surface area contributed by atoms with Crippen LogP contribution in [0.1, 0.15) is 4.88 Å². The molecule has 0 radical (unpaired) electrons. The first-order valence-electron chi connectivity index (χ1n) is 4.11. The van der Waals surface area contributed by atoms with Crippen molar-refractivity contribution in [3.8, 4) is 0 Å². The van der Waals surface area contributed by atoms with Crippen molar-refractivity contribution < 1.29 is 13.2 Å². The summed E-state index contributed by atoms with van der Waals surface area (Å²) < 4.78 is 25.3. The first-order valence-corrected chi connectivity index (χ1v) is 6.37. The molecule has 0 fully saturated rings. The Labute approximate surface area is 92.9 Å². The summed E-state index contributed by atoms with van der Waals surface area (Å²) in [6.45, 7) is 0. The average Bonchev–Trinajstić information content (AvgIpc) is 2.51. The Morgan fingerprint density at radius 3 is 2.53 bits per heavy atom. The van der Waals surface area contributed by atoms with Gasteiger partial charge in [0, 0.05) is 14.1 Å². The number of thiophene rings is 1. The Hall–Kier alpha value is -0.920. The van der Waals surface area contributed by atoms with Gasteiger partial charge in [0.15, 0.2) is 6.21 Å². The van der Waals surface area contributed by atoms with E-state index in [0.717, 1.165) is 15.6 Å². The first kappa shape index (κ1) is 12.2. The quantitative estimate of drug-likeness (QED) is 0.340. The predicted molar refractivity (Wildman–Crippen MR) is 59.9 cm³/mol. The van der Waals surface area contributed by atoms with Crippen molar-refractivity contribution in [1.82, 2.24) is 4.31 Å². The topological polar surface area (TPSA) is 63.5 Å². The summed E-state index contributed by atoms with van der Waals surface area (Å²) in [5.74, 6) is 0. The van der Waals surface area contributed by atoms with Crippen LogP contribution < -0.4 is 0 Å². The summed E-state index contributed by atoms with van der Waals surface area (Å²) in [6.07, 6.45) is 1.33. The fourth-order valence-electron chi connectivity index (χ4n) is 0.902. The minimum atomic E-state index is -3.38. The second-order valence-electron chi connectivity index (χ2n) is 3.12. The van der Waals surface area contributed by atoms with Gasteiger partial charge < -0.3 is 5.21 Å². The highest BCUT2D eigenvalue weighted by atomic mass is 32.2. The van der Waals surface area contributed by atoms with Gasteiger partial charge in [0.1, 0.15) is 11.3 Å². The monoisotopic (exact) mass is 248 g/mol. The normalized spacial score (nSPS) is 13.5. The number of hydrogen-bond donors (Lipinski definition) is 0. The van der Waals surface area contributed by atoms with E-state index < -0.39 is 10.0 Å². The van der Waals surface area contributed by atoms with E-state index >= 15 is 0 Å². The standard InChI is InChI=1S/C8H12N2O3S2/c1-9(2)15(12,13)8-5-4-7(14-8)6-10(3)11/h4-6H,1-3H3/b10-6-. The molecule has 7 heteroatoms. The molecular formula is C8H12N2O3S2. The molecule has 1 aromatic heterocycles. The summed E-state index contributed by atoms with van der Waals surface area (Å²) in [5, 5.41) is 10.7. The molecule has 0 saturated carbocycles. The van der Waals surface area contributed by atoms with E-state index in [1.807, 2.05) is 0 Å². The lowest BCUT2D eigenvalue weighted by Gasteiger charge is -2.07. The molecule has 1 heterocycles. The third kappa shape index (κ3) is 2.77. The smallest absolute Gasteiger partial charge is 0.252 e. The van der Waals surface area contributed by atoms with E-state index in [4.69, 9.17) is 0 Å². The number of nitrogens with zero attached hydrogens (tertiary/aromatic N) is 2. The minimum absolute atomic E-state index is 0.237. The van der Waals surface area contributed by atoms with E-state index in [9.17, 15) is 13.6 Å². The molecule has 0 unspecified atom stereocenters. The van der Waals surface area contributed by atoms with Gasteiger partial charge in [-0.25, -0.2) is 17.5 Å². The maximum Gasteiger partial charge on any atom is 0.252 e. The lowest BCUT2D eigenvalue weighted by Crippen LogP contribution is -2.21. The van der Waals surface area contributed by atoms with Crippen LogP contribution in [0.15, 0.2) is 16.3 Å². The molecule has 84 valence electrons. The third-order valence-electron chi connectivity index (χ3n) is 1.65. The molecule has 0 aliphatic carbocycles. The van der Waals surface area contributed by atoms with Gasteiger partial charge >= 0.3 is 0 Å². The van der Waals surface area contributed by atoms with Gasteiger partial charge in [0.25, 0.3) is 10.0 Å². The van der Waals surface area contributed by atoms with Crippen molar-refractivity contribution in [2.24, 2.45) is 0 Å². The van der Waals surface area contributed by atoms with Gasteiger partial charge in [0.2, 0.25) is 0 Å². The summed E-state index contributed by atoms with van der Waals surface area (Å²) in [6, 6.07) is 3.10. The Morgan fingerprint density at radius 2 is 2.07 bits per heavy atom. The second kappa shape index (κ2) is 4.30. The van der Waals surface area contributed by atoms with Crippen LogP contribution in [0.3, 0.4) is 0 Å². The average molecular weight is 248 g/mol. The SMILES string of the molecule is CN(C)S(=O)(=O)c1ccc(/C=[N+](/C)[O-])s1. The summed E-state index contributed by atoms with van der Waals surface area (Å²) >= 11 is 1.07. The van der Waals surface area contributed by atoms with Crippen molar-refractivity contribution in [2.45, 2.75) is 4.21 Å². The number of hydroxylamine groups is 1. The molecule has 0 spiro atoms. The van der Waals surface area contributed by atoms with Crippen LogP contribution >= 0.6 is 11.3 Å². The van der Waals surface area contributed by atoms with E-state index in [0.29, 0.717) is 9.62 Å². The molecule has 0 aromatic carbocycles. The second-order valence-corrected chi connectivity index (χ2v) is 6.61. The first-order chi connectivity index (χ1) is 6.84. The van der Waals surface area contributed by atoms with Gasteiger partial charge in [0.05, 0.1) is 4.88 Å². The Bertz CT molecular complexity index is 470. The maximum absolute atomic E-state index is 11.7. The Balaban J connectivity index is 3.10. The van der Waals surface area contributed by atoms with Crippen molar-refractivity contribution in [3.05, 3.63) is 22.2 Å². The van der Waals surface area contributed by atoms with Crippen molar-refractivity contribution in [3.63, 3.8) is 0 Å². The molecule has 0 aliphatic heterocycles. The fourth-order valence-corrected chi connectivity index (χ4v) is 3.36. The van der Waals surface area contributed by atoms with Gasteiger partial charge in [-0.1, -0.05) is 0 Å². The van der Waals surface area contributed by atoms with Crippen molar-refractivity contribution in [2.75, 3.05) is 21.1 Å². The highest BCUT2D eigenvalue weighted by Gasteiger charge is 2.19. The highest BCUT2D eigenvalue weighted by molar-refractivity contribution is 7.91. The number of sulfonamides is 1. The highest BCUT2D eigenvalue weighted by Crippen LogP contribution is 2.22. The molecule has 0 amide bonds. The summed E-state index contributed by atoms with van der Waals surface area (Å²) in [4.78, 5) is 0.618.